The summed E-state index contributed by atoms with van der Waals surface area (Å²) in [6.07, 6.45) is 0. The molecule has 0 saturated carbocycles. The summed E-state index contributed by atoms with van der Waals surface area (Å²) >= 11 is 6.08. The van der Waals surface area contributed by atoms with Crippen LogP contribution >= 0.6 is 11.6 Å². The Morgan fingerprint density at radius 2 is 1.55 bits per heavy atom. The van der Waals surface area contributed by atoms with Crippen LogP contribution in [0.25, 0.3) is 22.3 Å². The van der Waals surface area contributed by atoms with E-state index in [1.165, 1.54) is 12.1 Å². The van der Waals surface area contributed by atoms with Gasteiger partial charge in [0, 0.05) is 23.7 Å². The zero-order chi connectivity index (χ0) is 20.4. The van der Waals surface area contributed by atoms with Gasteiger partial charge in [0.2, 0.25) is 0 Å². The maximum Gasteiger partial charge on any atom is 0.123 e. The topological polar surface area (TPSA) is 36.3 Å². The zero-order valence-electron chi connectivity index (χ0n) is 16.1. The number of hydrogen-bond donors (Lipinski definition) is 0. The van der Waals surface area contributed by atoms with Crippen LogP contribution in [0, 0.1) is 24.1 Å². The highest BCUT2D eigenvalue weighted by Gasteiger charge is 2.23. The molecule has 1 heterocycles. The van der Waals surface area contributed by atoms with Crippen LogP contribution in [0.2, 0.25) is 5.02 Å². The summed E-state index contributed by atoms with van der Waals surface area (Å²) in [6, 6.07) is 18.4. The number of nitrogens with zero attached hydrogens (tertiary/aromatic N) is 2. The lowest BCUT2D eigenvalue weighted by atomic mass is 9.89. The molecule has 146 valence electrons. The van der Waals surface area contributed by atoms with E-state index in [1.54, 1.807) is 12.1 Å². The third-order valence-corrected chi connectivity index (χ3v) is 5.56. The number of ether oxygens (including phenoxy) is 1. The van der Waals surface area contributed by atoms with E-state index in [0.29, 0.717) is 23.8 Å². The van der Waals surface area contributed by atoms with E-state index in [2.05, 4.69) is 11.0 Å². The van der Waals surface area contributed by atoms with Crippen LogP contribution in [0.3, 0.4) is 0 Å². The molecule has 0 spiro atoms. The van der Waals surface area contributed by atoms with E-state index in [9.17, 15) is 9.65 Å². The largest absolute Gasteiger partial charge is 0.378 e. The molecule has 0 aliphatic carbocycles. The van der Waals surface area contributed by atoms with Crippen molar-refractivity contribution in [3.63, 3.8) is 0 Å². The Bertz CT molecular complexity index is 1070. The van der Waals surface area contributed by atoms with Crippen molar-refractivity contribution in [3.05, 3.63) is 76.6 Å². The third kappa shape index (κ3) is 3.85. The quantitative estimate of drug-likeness (QED) is 0.549. The van der Waals surface area contributed by atoms with Crippen LogP contribution in [0.5, 0.6) is 0 Å². The highest BCUT2D eigenvalue weighted by atomic mass is 35.5. The predicted molar refractivity (Wildman–Crippen MR) is 115 cm³/mol. The zero-order valence-corrected chi connectivity index (χ0v) is 16.8. The number of anilines is 1. The second kappa shape index (κ2) is 8.24. The first kappa shape index (κ1) is 19.4. The minimum absolute atomic E-state index is 0.300. The molecule has 0 radical (unpaired) electrons. The third-order valence-electron chi connectivity index (χ3n) is 5.30. The van der Waals surface area contributed by atoms with Crippen LogP contribution in [0.15, 0.2) is 54.6 Å². The minimum atomic E-state index is -0.300. The number of morpholine rings is 1. The van der Waals surface area contributed by atoms with Crippen LogP contribution in [0.4, 0.5) is 10.1 Å². The van der Waals surface area contributed by atoms with E-state index in [-0.39, 0.29) is 5.82 Å². The molecule has 5 heteroatoms. The Morgan fingerprint density at radius 1 is 0.966 bits per heavy atom. The van der Waals surface area contributed by atoms with Crippen LogP contribution in [-0.2, 0) is 4.74 Å². The van der Waals surface area contributed by atoms with Gasteiger partial charge in [0.25, 0.3) is 0 Å². The van der Waals surface area contributed by atoms with Crippen LogP contribution < -0.4 is 4.90 Å². The second-order valence-electron chi connectivity index (χ2n) is 7.05. The molecule has 1 aliphatic rings. The molecule has 4 rings (SSSR count). The standard InChI is InChI=1S/C24H20ClFN2O/c1-16-21(17-2-6-19(25)7-3-17)14-22(18-4-8-20(26)9-5-18)23(15-27)24(16)28-10-12-29-13-11-28/h2-9,14H,10-13H2,1H3. The Morgan fingerprint density at radius 3 is 2.17 bits per heavy atom. The predicted octanol–water partition coefficient (Wildman–Crippen LogP) is 5.83. The van der Waals surface area contributed by atoms with Gasteiger partial charge in [-0.05, 0) is 59.5 Å². The van der Waals surface area contributed by atoms with Crippen molar-refractivity contribution in [2.24, 2.45) is 0 Å². The molecule has 3 aromatic carbocycles. The number of halogens is 2. The summed E-state index contributed by atoms with van der Waals surface area (Å²) in [5.41, 5.74) is 6.22. The highest BCUT2D eigenvalue weighted by molar-refractivity contribution is 6.30. The van der Waals surface area contributed by atoms with E-state index >= 15 is 0 Å². The lowest BCUT2D eigenvalue weighted by Gasteiger charge is -2.32. The molecule has 0 bridgehead atoms. The Labute approximate surface area is 174 Å². The van der Waals surface area contributed by atoms with Crippen LogP contribution in [0.1, 0.15) is 11.1 Å². The highest BCUT2D eigenvalue weighted by Crippen LogP contribution is 2.40. The smallest absolute Gasteiger partial charge is 0.123 e. The summed E-state index contributed by atoms with van der Waals surface area (Å²) in [5, 5.41) is 10.7. The van der Waals surface area contributed by atoms with Crippen molar-refractivity contribution in [2.75, 3.05) is 31.2 Å². The molecule has 3 aromatic rings. The average Bonchev–Trinajstić information content (AvgIpc) is 2.75. The Balaban J connectivity index is 1.98. The number of hydrogen-bond acceptors (Lipinski definition) is 3. The van der Waals surface area contributed by atoms with Gasteiger partial charge >= 0.3 is 0 Å². The van der Waals surface area contributed by atoms with Crippen LogP contribution in [-0.4, -0.2) is 26.3 Å². The second-order valence-corrected chi connectivity index (χ2v) is 7.48. The summed E-state index contributed by atoms with van der Waals surface area (Å²) in [7, 11) is 0. The molecule has 0 atom stereocenters. The van der Waals surface area contributed by atoms with Gasteiger partial charge in [-0.1, -0.05) is 35.9 Å². The van der Waals surface area contributed by atoms with Gasteiger partial charge < -0.3 is 9.64 Å². The maximum atomic E-state index is 13.5. The molecule has 1 fully saturated rings. The molecular weight excluding hydrogens is 387 g/mol. The van der Waals surface area contributed by atoms with Crippen molar-refractivity contribution < 1.29 is 9.13 Å². The Hall–Kier alpha value is -2.87. The van der Waals surface area contributed by atoms with Gasteiger partial charge in [-0.2, -0.15) is 5.26 Å². The number of benzene rings is 3. The van der Waals surface area contributed by atoms with Gasteiger partial charge in [0.15, 0.2) is 0 Å². The van der Waals surface area contributed by atoms with Crippen molar-refractivity contribution in [3.8, 4) is 28.3 Å². The maximum absolute atomic E-state index is 13.5. The molecule has 0 amide bonds. The normalized spacial score (nSPS) is 13.9. The molecule has 3 nitrogen and oxygen atoms in total. The first-order chi connectivity index (χ1) is 14.1. The SMILES string of the molecule is Cc1c(-c2ccc(Cl)cc2)cc(-c2ccc(F)cc2)c(C#N)c1N1CCOCC1. The van der Waals surface area contributed by atoms with Gasteiger partial charge in [-0.3, -0.25) is 0 Å². The van der Waals surface area contributed by atoms with Gasteiger partial charge in [0.05, 0.1) is 24.5 Å². The molecule has 29 heavy (non-hydrogen) atoms. The first-order valence-electron chi connectivity index (χ1n) is 9.51. The van der Waals surface area contributed by atoms with Crippen molar-refractivity contribution in [1.82, 2.24) is 0 Å². The lowest BCUT2D eigenvalue weighted by Crippen LogP contribution is -2.37. The van der Waals surface area contributed by atoms with E-state index in [0.717, 1.165) is 46.6 Å². The molecule has 1 saturated heterocycles. The molecular formula is C24H20ClFN2O. The number of nitriles is 1. The van der Waals surface area contributed by atoms with E-state index < -0.39 is 0 Å². The monoisotopic (exact) mass is 406 g/mol. The van der Waals surface area contributed by atoms with E-state index in [1.807, 2.05) is 37.3 Å². The number of rotatable bonds is 3. The van der Waals surface area contributed by atoms with Gasteiger partial charge in [-0.15, -0.1) is 0 Å². The summed E-state index contributed by atoms with van der Waals surface area (Å²) < 4.78 is 19.0. The molecule has 0 aromatic heterocycles. The first-order valence-corrected chi connectivity index (χ1v) is 9.88. The molecule has 0 N–H and O–H groups in total. The summed E-state index contributed by atoms with van der Waals surface area (Å²) in [4.78, 5) is 2.21. The van der Waals surface area contributed by atoms with Crippen molar-refractivity contribution >= 4 is 17.3 Å². The fourth-order valence-electron chi connectivity index (χ4n) is 3.85. The fraction of sp³-hybridized carbons (Fsp3) is 0.208. The minimum Gasteiger partial charge on any atom is -0.378 e. The van der Waals surface area contributed by atoms with Gasteiger partial charge in [0.1, 0.15) is 11.9 Å². The fourth-order valence-corrected chi connectivity index (χ4v) is 3.98. The summed E-state index contributed by atoms with van der Waals surface area (Å²) in [6.45, 7) is 4.75. The lowest BCUT2D eigenvalue weighted by molar-refractivity contribution is 0.122. The van der Waals surface area contributed by atoms with Gasteiger partial charge in [-0.25, -0.2) is 4.39 Å². The van der Waals surface area contributed by atoms with E-state index in [4.69, 9.17) is 16.3 Å². The average molecular weight is 407 g/mol. The summed E-state index contributed by atoms with van der Waals surface area (Å²) in [5.74, 6) is -0.300. The van der Waals surface area contributed by atoms with Crippen molar-refractivity contribution in [1.29, 1.82) is 5.26 Å². The molecule has 1 aliphatic heterocycles. The molecule has 0 unspecified atom stereocenters. The Kier molecular flexibility index (Phi) is 5.53. The van der Waals surface area contributed by atoms with Crippen molar-refractivity contribution in [2.45, 2.75) is 6.92 Å².